The van der Waals surface area contributed by atoms with Crippen LogP contribution in [0.2, 0.25) is 0 Å². The van der Waals surface area contributed by atoms with Crippen molar-refractivity contribution < 1.29 is 4.79 Å². The van der Waals surface area contributed by atoms with Crippen LogP contribution >= 0.6 is 0 Å². The SMILES string of the molecule is Cn1cncc1-c1cc2cc(NC(=O)c3ccnc(N4CCN(C5CC5)CC4)c3)ncc2cn1. The van der Waals surface area contributed by atoms with Crippen molar-refractivity contribution in [2.75, 3.05) is 36.4 Å². The smallest absolute Gasteiger partial charge is 0.257 e. The maximum absolute atomic E-state index is 13.0. The van der Waals surface area contributed by atoms with Crippen LogP contribution in [-0.2, 0) is 7.05 Å². The third kappa shape index (κ3) is 4.10. The van der Waals surface area contributed by atoms with E-state index in [1.165, 1.54) is 12.8 Å². The van der Waals surface area contributed by atoms with Crippen LogP contribution in [-0.4, -0.2) is 67.5 Å². The fourth-order valence-electron chi connectivity index (χ4n) is 4.53. The molecule has 9 nitrogen and oxygen atoms in total. The van der Waals surface area contributed by atoms with E-state index in [0.717, 1.165) is 60.2 Å². The molecule has 172 valence electrons. The molecule has 2 aliphatic rings. The minimum Gasteiger partial charge on any atom is -0.354 e. The zero-order valence-corrected chi connectivity index (χ0v) is 19.1. The average molecular weight is 455 g/mol. The molecular weight excluding hydrogens is 428 g/mol. The fraction of sp³-hybridized carbons (Fsp3) is 0.320. The van der Waals surface area contributed by atoms with Gasteiger partial charge < -0.3 is 14.8 Å². The van der Waals surface area contributed by atoms with E-state index in [9.17, 15) is 4.79 Å². The minimum absolute atomic E-state index is 0.201. The molecule has 1 aliphatic heterocycles. The predicted octanol–water partition coefficient (Wildman–Crippen LogP) is 2.96. The van der Waals surface area contributed by atoms with Crippen LogP contribution in [0.1, 0.15) is 23.2 Å². The molecule has 6 rings (SSSR count). The molecule has 0 unspecified atom stereocenters. The zero-order valence-electron chi connectivity index (χ0n) is 19.1. The normalized spacial score (nSPS) is 16.7. The highest BCUT2D eigenvalue weighted by atomic mass is 16.1. The molecule has 0 aromatic carbocycles. The quantitative estimate of drug-likeness (QED) is 0.496. The molecule has 0 spiro atoms. The maximum Gasteiger partial charge on any atom is 0.257 e. The Hall–Kier alpha value is -3.85. The number of nitrogens with zero attached hydrogens (tertiary/aromatic N) is 7. The van der Waals surface area contributed by atoms with Crippen molar-refractivity contribution in [1.82, 2.24) is 29.4 Å². The Labute approximate surface area is 197 Å². The first-order valence-electron chi connectivity index (χ1n) is 11.6. The van der Waals surface area contributed by atoms with Gasteiger partial charge >= 0.3 is 0 Å². The molecule has 34 heavy (non-hydrogen) atoms. The Balaban J connectivity index is 1.18. The molecule has 1 saturated carbocycles. The van der Waals surface area contributed by atoms with Gasteiger partial charge in [0, 0.05) is 68.8 Å². The van der Waals surface area contributed by atoms with Gasteiger partial charge in [0.2, 0.25) is 0 Å². The highest BCUT2D eigenvalue weighted by Crippen LogP contribution is 2.28. The number of anilines is 2. The van der Waals surface area contributed by atoms with Crippen molar-refractivity contribution in [2.24, 2.45) is 7.05 Å². The van der Waals surface area contributed by atoms with Crippen molar-refractivity contribution in [2.45, 2.75) is 18.9 Å². The van der Waals surface area contributed by atoms with Crippen molar-refractivity contribution in [3.05, 3.63) is 60.9 Å². The number of fused-ring (bicyclic) bond motifs is 1. The third-order valence-corrected chi connectivity index (χ3v) is 6.63. The highest BCUT2D eigenvalue weighted by Gasteiger charge is 2.31. The molecule has 0 bridgehead atoms. The number of aryl methyl sites for hydroxylation is 1. The number of imidazole rings is 1. The summed E-state index contributed by atoms with van der Waals surface area (Å²) in [6, 6.07) is 8.25. The Kier molecular flexibility index (Phi) is 5.18. The summed E-state index contributed by atoms with van der Waals surface area (Å²) in [4.78, 5) is 35.4. The molecular formula is C25H26N8O. The maximum atomic E-state index is 13.0. The molecule has 9 heteroatoms. The van der Waals surface area contributed by atoms with Crippen LogP contribution in [0.25, 0.3) is 22.2 Å². The second kappa shape index (κ2) is 8.49. The van der Waals surface area contributed by atoms with Gasteiger partial charge in [-0.15, -0.1) is 0 Å². The Morgan fingerprint density at radius 2 is 1.79 bits per heavy atom. The van der Waals surface area contributed by atoms with Crippen LogP contribution in [0.3, 0.4) is 0 Å². The van der Waals surface area contributed by atoms with Crippen molar-refractivity contribution in [3.63, 3.8) is 0 Å². The molecule has 1 amide bonds. The Morgan fingerprint density at radius 1 is 0.971 bits per heavy atom. The monoisotopic (exact) mass is 454 g/mol. The number of amides is 1. The van der Waals surface area contributed by atoms with E-state index in [4.69, 9.17) is 0 Å². The Morgan fingerprint density at radius 3 is 2.56 bits per heavy atom. The number of hydrogen-bond acceptors (Lipinski definition) is 7. The van der Waals surface area contributed by atoms with Crippen molar-refractivity contribution in [1.29, 1.82) is 0 Å². The molecule has 4 aromatic rings. The lowest BCUT2D eigenvalue weighted by Gasteiger charge is -2.35. The Bertz CT molecular complexity index is 1350. The van der Waals surface area contributed by atoms with Gasteiger partial charge in [-0.3, -0.25) is 14.7 Å². The number of carbonyl (C=O) groups excluding carboxylic acids is 1. The van der Waals surface area contributed by atoms with Gasteiger partial charge in [-0.05, 0) is 42.5 Å². The van der Waals surface area contributed by atoms with E-state index in [0.29, 0.717) is 11.4 Å². The lowest BCUT2D eigenvalue weighted by molar-refractivity contribution is 0.102. The summed E-state index contributed by atoms with van der Waals surface area (Å²) in [6.45, 7) is 3.99. The lowest BCUT2D eigenvalue weighted by atomic mass is 10.1. The van der Waals surface area contributed by atoms with Gasteiger partial charge in [0.25, 0.3) is 5.91 Å². The molecule has 0 radical (unpaired) electrons. The predicted molar refractivity (Wildman–Crippen MR) is 131 cm³/mol. The van der Waals surface area contributed by atoms with Crippen LogP contribution in [0.4, 0.5) is 11.6 Å². The first kappa shape index (κ1) is 20.7. The molecule has 1 aliphatic carbocycles. The van der Waals surface area contributed by atoms with Gasteiger partial charge in [-0.1, -0.05) is 0 Å². The summed E-state index contributed by atoms with van der Waals surface area (Å²) in [5, 5.41) is 4.78. The van der Waals surface area contributed by atoms with E-state index in [1.807, 2.05) is 29.8 Å². The van der Waals surface area contributed by atoms with E-state index in [-0.39, 0.29) is 5.91 Å². The number of pyridine rings is 3. The zero-order chi connectivity index (χ0) is 23.1. The summed E-state index contributed by atoms with van der Waals surface area (Å²) in [7, 11) is 1.93. The van der Waals surface area contributed by atoms with Gasteiger partial charge in [0.1, 0.15) is 11.6 Å². The van der Waals surface area contributed by atoms with E-state index in [2.05, 4.69) is 35.1 Å². The number of piperazine rings is 1. The molecule has 1 N–H and O–H groups in total. The average Bonchev–Trinajstić information content (AvgIpc) is 3.64. The second-order valence-electron chi connectivity index (χ2n) is 8.99. The highest BCUT2D eigenvalue weighted by molar-refractivity contribution is 6.05. The second-order valence-corrected chi connectivity index (χ2v) is 8.99. The summed E-state index contributed by atoms with van der Waals surface area (Å²) in [5.41, 5.74) is 2.31. The number of nitrogens with one attached hydrogen (secondary N) is 1. The molecule has 1 saturated heterocycles. The number of carbonyl (C=O) groups is 1. The molecule has 5 heterocycles. The van der Waals surface area contributed by atoms with Gasteiger partial charge in [0.05, 0.1) is 23.9 Å². The van der Waals surface area contributed by atoms with Crippen LogP contribution in [0.5, 0.6) is 0 Å². The van der Waals surface area contributed by atoms with Gasteiger partial charge in [0.15, 0.2) is 0 Å². The first-order chi connectivity index (χ1) is 16.6. The number of hydrogen-bond donors (Lipinski definition) is 1. The van der Waals surface area contributed by atoms with Crippen molar-refractivity contribution in [3.8, 4) is 11.4 Å². The van der Waals surface area contributed by atoms with E-state index in [1.54, 1.807) is 37.2 Å². The van der Waals surface area contributed by atoms with Gasteiger partial charge in [-0.2, -0.15) is 0 Å². The number of aromatic nitrogens is 5. The molecule has 2 fully saturated rings. The van der Waals surface area contributed by atoms with Gasteiger partial charge in [-0.25, -0.2) is 15.0 Å². The standard InChI is InChI=1S/C25H26N8O/c1-31-16-26-15-22(31)21-10-18-11-23(29-14-19(18)13-28-21)30-25(34)17-4-5-27-24(12-17)33-8-6-32(7-9-33)20-2-3-20/h4-5,10-16,20H,2-3,6-9H2,1H3,(H,29,30,34). The summed E-state index contributed by atoms with van der Waals surface area (Å²) >= 11 is 0. The van der Waals surface area contributed by atoms with E-state index >= 15 is 0 Å². The topological polar surface area (TPSA) is 92.1 Å². The fourth-order valence-corrected chi connectivity index (χ4v) is 4.53. The lowest BCUT2D eigenvalue weighted by Crippen LogP contribution is -2.47. The van der Waals surface area contributed by atoms with Crippen LogP contribution < -0.4 is 10.2 Å². The van der Waals surface area contributed by atoms with Crippen LogP contribution in [0, 0.1) is 0 Å². The first-order valence-corrected chi connectivity index (χ1v) is 11.6. The van der Waals surface area contributed by atoms with Crippen LogP contribution in [0.15, 0.2) is 55.4 Å². The third-order valence-electron chi connectivity index (χ3n) is 6.63. The summed E-state index contributed by atoms with van der Waals surface area (Å²) < 4.78 is 1.92. The van der Waals surface area contributed by atoms with E-state index < -0.39 is 0 Å². The van der Waals surface area contributed by atoms with Crippen molar-refractivity contribution >= 4 is 28.3 Å². The number of rotatable bonds is 5. The summed E-state index contributed by atoms with van der Waals surface area (Å²) in [6.07, 6.45) is 11.4. The molecule has 4 aromatic heterocycles. The minimum atomic E-state index is -0.201. The largest absolute Gasteiger partial charge is 0.354 e. The molecule has 0 atom stereocenters. The summed E-state index contributed by atoms with van der Waals surface area (Å²) in [5.74, 6) is 1.14.